The number of hydrogen-bond acceptors (Lipinski definition) is 3. The second-order valence-electron chi connectivity index (χ2n) is 7.00. The molecule has 2 rings (SSSR count). The van der Waals surface area contributed by atoms with Crippen molar-refractivity contribution in [3.63, 3.8) is 0 Å². The van der Waals surface area contributed by atoms with E-state index in [1.165, 1.54) is 25.7 Å². The number of epoxide rings is 1. The molecule has 0 bridgehead atoms. The summed E-state index contributed by atoms with van der Waals surface area (Å²) in [5.74, 6) is 0. The molecule has 0 spiro atoms. The van der Waals surface area contributed by atoms with E-state index >= 15 is 0 Å². The molecule has 1 saturated carbocycles. The molecule has 106 valence electrons. The summed E-state index contributed by atoms with van der Waals surface area (Å²) in [6.07, 6.45) is 7.46. The highest BCUT2D eigenvalue weighted by Crippen LogP contribution is 2.40. The quantitative estimate of drug-likeness (QED) is 0.769. The van der Waals surface area contributed by atoms with E-state index in [1.54, 1.807) is 0 Å². The highest BCUT2D eigenvalue weighted by Gasteiger charge is 2.34. The van der Waals surface area contributed by atoms with Gasteiger partial charge in [-0.05, 0) is 31.1 Å². The van der Waals surface area contributed by atoms with Crippen molar-refractivity contribution in [2.75, 3.05) is 26.4 Å². The van der Waals surface area contributed by atoms with Crippen LogP contribution in [0.5, 0.6) is 0 Å². The van der Waals surface area contributed by atoms with Gasteiger partial charge in [-0.1, -0.05) is 26.7 Å². The molecule has 1 N–H and O–H groups in total. The Balaban J connectivity index is 1.81. The normalized spacial score (nSPS) is 30.5. The summed E-state index contributed by atoms with van der Waals surface area (Å²) in [7, 11) is 0. The van der Waals surface area contributed by atoms with Gasteiger partial charge < -0.3 is 14.6 Å². The van der Waals surface area contributed by atoms with E-state index < -0.39 is 0 Å². The van der Waals surface area contributed by atoms with Gasteiger partial charge in [-0.25, -0.2) is 0 Å². The van der Waals surface area contributed by atoms with Crippen LogP contribution >= 0.6 is 0 Å². The van der Waals surface area contributed by atoms with Gasteiger partial charge in [-0.3, -0.25) is 0 Å². The molecular formula is C15H28O3. The maximum atomic E-state index is 9.76. The third-order valence-corrected chi connectivity index (χ3v) is 4.57. The van der Waals surface area contributed by atoms with Crippen molar-refractivity contribution >= 4 is 0 Å². The van der Waals surface area contributed by atoms with Crippen LogP contribution in [0, 0.1) is 10.8 Å². The molecule has 3 heteroatoms. The van der Waals surface area contributed by atoms with Crippen LogP contribution in [0.4, 0.5) is 0 Å². The Bertz CT molecular complexity index is 241. The smallest absolute Gasteiger partial charge is 0.104 e. The molecular weight excluding hydrogens is 228 g/mol. The Morgan fingerprint density at radius 2 is 1.78 bits per heavy atom. The highest BCUT2D eigenvalue weighted by molar-refractivity contribution is 4.84. The fourth-order valence-corrected chi connectivity index (χ4v) is 3.05. The predicted molar refractivity (Wildman–Crippen MR) is 71.6 cm³/mol. The molecule has 0 aromatic carbocycles. The number of rotatable bonds is 5. The van der Waals surface area contributed by atoms with Gasteiger partial charge in [0.05, 0.1) is 26.4 Å². The third kappa shape index (κ3) is 4.22. The number of aliphatic hydroxyl groups is 1. The van der Waals surface area contributed by atoms with E-state index in [4.69, 9.17) is 9.47 Å². The Labute approximate surface area is 111 Å². The summed E-state index contributed by atoms with van der Waals surface area (Å²) in [6.45, 7) is 7.23. The van der Waals surface area contributed by atoms with Crippen molar-refractivity contribution in [3.8, 4) is 0 Å². The van der Waals surface area contributed by atoms with Crippen molar-refractivity contribution < 1.29 is 14.6 Å². The van der Waals surface area contributed by atoms with E-state index in [9.17, 15) is 5.11 Å². The lowest BCUT2D eigenvalue weighted by molar-refractivity contribution is -0.0189. The molecule has 1 heterocycles. The molecule has 18 heavy (non-hydrogen) atoms. The first-order valence-electron chi connectivity index (χ1n) is 7.36. The lowest BCUT2D eigenvalue weighted by Gasteiger charge is -2.37. The number of hydrogen-bond donors (Lipinski definition) is 1. The van der Waals surface area contributed by atoms with Crippen LogP contribution in [-0.2, 0) is 9.47 Å². The number of ether oxygens (including phenoxy) is 2. The second-order valence-corrected chi connectivity index (χ2v) is 7.00. The first-order chi connectivity index (χ1) is 8.55. The molecule has 2 aliphatic rings. The number of aliphatic hydroxyl groups excluding tert-OH is 1. The minimum atomic E-state index is 0.00535. The van der Waals surface area contributed by atoms with Crippen LogP contribution in [-0.4, -0.2) is 37.6 Å². The van der Waals surface area contributed by atoms with Crippen molar-refractivity contribution in [1.82, 2.24) is 0 Å². The van der Waals surface area contributed by atoms with E-state index in [0.717, 1.165) is 19.4 Å². The average molecular weight is 256 g/mol. The molecule has 1 saturated heterocycles. The van der Waals surface area contributed by atoms with Crippen LogP contribution in [0.1, 0.15) is 52.4 Å². The fourth-order valence-electron chi connectivity index (χ4n) is 3.05. The zero-order valence-electron chi connectivity index (χ0n) is 11.9. The molecule has 2 fully saturated rings. The van der Waals surface area contributed by atoms with Crippen LogP contribution in [0.3, 0.4) is 0 Å². The Morgan fingerprint density at radius 1 is 1.17 bits per heavy atom. The lowest BCUT2D eigenvalue weighted by atomic mass is 9.71. The standard InChI is InChI=1S/C15H28O3/c1-14(2)5-3-7-15(11-16,8-4-6-14)12-17-9-13-10-18-13/h13,16H,3-12H2,1-2H3. The third-order valence-electron chi connectivity index (χ3n) is 4.57. The Hall–Kier alpha value is -0.120. The molecule has 0 aromatic heterocycles. The molecule has 1 unspecified atom stereocenters. The summed E-state index contributed by atoms with van der Waals surface area (Å²) >= 11 is 0. The van der Waals surface area contributed by atoms with Crippen molar-refractivity contribution in [2.45, 2.75) is 58.5 Å². The first kappa shape index (κ1) is 14.3. The zero-order chi connectivity index (χ0) is 13.1. The molecule has 3 nitrogen and oxygen atoms in total. The van der Waals surface area contributed by atoms with E-state index in [1.807, 2.05) is 0 Å². The maximum absolute atomic E-state index is 9.76. The molecule has 1 aliphatic heterocycles. The predicted octanol–water partition coefficient (Wildman–Crippen LogP) is 2.76. The minimum Gasteiger partial charge on any atom is -0.396 e. The van der Waals surface area contributed by atoms with Gasteiger partial charge in [0.15, 0.2) is 0 Å². The molecule has 0 aromatic rings. The van der Waals surface area contributed by atoms with Gasteiger partial charge in [-0.15, -0.1) is 0 Å². The lowest BCUT2D eigenvalue weighted by Crippen LogP contribution is -2.34. The van der Waals surface area contributed by atoms with Crippen LogP contribution < -0.4 is 0 Å². The van der Waals surface area contributed by atoms with Gasteiger partial charge in [-0.2, -0.15) is 0 Å². The minimum absolute atomic E-state index is 0.00535. The second kappa shape index (κ2) is 5.89. The van der Waals surface area contributed by atoms with Crippen molar-refractivity contribution in [1.29, 1.82) is 0 Å². The zero-order valence-corrected chi connectivity index (χ0v) is 11.9. The van der Waals surface area contributed by atoms with Crippen LogP contribution in [0.25, 0.3) is 0 Å². The van der Waals surface area contributed by atoms with E-state index in [2.05, 4.69) is 13.8 Å². The summed E-state index contributed by atoms with van der Waals surface area (Å²) < 4.78 is 10.9. The summed E-state index contributed by atoms with van der Waals surface area (Å²) in [5.41, 5.74) is 0.482. The topological polar surface area (TPSA) is 42.0 Å². The van der Waals surface area contributed by atoms with Gasteiger partial charge in [0.1, 0.15) is 6.10 Å². The first-order valence-corrected chi connectivity index (χ1v) is 7.36. The molecule has 0 radical (unpaired) electrons. The fraction of sp³-hybridized carbons (Fsp3) is 1.00. The van der Waals surface area contributed by atoms with E-state index in [-0.39, 0.29) is 12.0 Å². The Kier molecular flexibility index (Phi) is 4.68. The van der Waals surface area contributed by atoms with Crippen molar-refractivity contribution in [2.24, 2.45) is 10.8 Å². The van der Waals surface area contributed by atoms with Gasteiger partial charge >= 0.3 is 0 Å². The molecule has 1 aliphatic carbocycles. The van der Waals surface area contributed by atoms with Crippen LogP contribution in [0.15, 0.2) is 0 Å². The van der Waals surface area contributed by atoms with Gasteiger partial charge in [0.25, 0.3) is 0 Å². The maximum Gasteiger partial charge on any atom is 0.104 e. The Morgan fingerprint density at radius 3 is 2.28 bits per heavy atom. The van der Waals surface area contributed by atoms with Crippen molar-refractivity contribution in [3.05, 3.63) is 0 Å². The summed E-state index contributed by atoms with van der Waals surface area (Å²) in [6, 6.07) is 0. The SMILES string of the molecule is CC1(C)CCCC(CO)(COCC2CO2)CCC1. The molecule has 1 atom stereocenters. The average Bonchev–Trinajstić information content (AvgIpc) is 3.09. The largest absolute Gasteiger partial charge is 0.396 e. The molecule has 0 amide bonds. The monoisotopic (exact) mass is 256 g/mol. The summed E-state index contributed by atoms with van der Waals surface area (Å²) in [5, 5.41) is 9.76. The van der Waals surface area contributed by atoms with Gasteiger partial charge in [0.2, 0.25) is 0 Å². The van der Waals surface area contributed by atoms with E-state index in [0.29, 0.717) is 24.7 Å². The highest BCUT2D eigenvalue weighted by atomic mass is 16.6. The summed E-state index contributed by atoms with van der Waals surface area (Å²) in [4.78, 5) is 0. The van der Waals surface area contributed by atoms with Crippen LogP contribution in [0.2, 0.25) is 0 Å². The van der Waals surface area contributed by atoms with Gasteiger partial charge in [0, 0.05) is 5.41 Å².